The molecule has 0 radical (unpaired) electrons. The van der Waals surface area contributed by atoms with Crippen molar-refractivity contribution in [3.63, 3.8) is 0 Å². The summed E-state index contributed by atoms with van der Waals surface area (Å²) in [4.78, 5) is 12.7. The number of hydrogen-bond acceptors (Lipinski definition) is 5. The van der Waals surface area contributed by atoms with Crippen LogP contribution in [0.25, 0.3) is 0 Å². The smallest absolute Gasteiger partial charge is 0.357 e. The summed E-state index contributed by atoms with van der Waals surface area (Å²) in [5.41, 5.74) is -0.590. The van der Waals surface area contributed by atoms with Crippen LogP contribution < -0.4 is 4.72 Å². The zero-order chi connectivity index (χ0) is 16.4. The van der Waals surface area contributed by atoms with Gasteiger partial charge in [0.25, 0.3) is 0 Å². The fourth-order valence-corrected chi connectivity index (χ4v) is 3.73. The molecule has 0 bridgehead atoms. The first-order valence-electron chi connectivity index (χ1n) is 6.39. The summed E-state index contributed by atoms with van der Waals surface area (Å²) in [6, 6.07) is 0. The Kier molecular flexibility index (Phi) is 5.13. The van der Waals surface area contributed by atoms with E-state index in [2.05, 4.69) is 14.9 Å². The normalized spacial score (nSPS) is 12.9. The van der Waals surface area contributed by atoms with Crippen molar-refractivity contribution in [1.29, 1.82) is 0 Å². The molecule has 0 aromatic carbocycles. The Morgan fingerprint density at radius 3 is 2.48 bits per heavy atom. The zero-order valence-electron chi connectivity index (χ0n) is 12.9. The molecule has 0 aliphatic heterocycles. The van der Waals surface area contributed by atoms with Crippen LogP contribution in [0.5, 0.6) is 0 Å². The first-order chi connectivity index (χ1) is 9.46. The number of carboxylic acid groups (broad SMARTS) is 1. The molecule has 1 rings (SSSR count). The van der Waals surface area contributed by atoms with E-state index < -0.39 is 21.7 Å². The maximum Gasteiger partial charge on any atom is 0.357 e. The Bertz CT molecular complexity index is 619. The van der Waals surface area contributed by atoms with Gasteiger partial charge in [-0.3, -0.25) is 5.10 Å². The van der Waals surface area contributed by atoms with Crippen molar-refractivity contribution in [2.45, 2.75) is 25.7 Å². The van der Waals surface area contributed by atoms with Crippen LogP contribution in [-0.4, -0.2) is 61.8 Å². The molecule has 3 N–H and O–H groups in total. The van der Waals surface area contributed by atoms with Gasteiger partial charge >= 0.3 is 5.97 Å². The number of carboxylic acids is 1. The van der Waals surface area contributed by atoms with Gasteiger partial charge in [-0.2, -0.15) is 5.10 Å². The first kappa shape index (κ1) is 17.6. The number of nitrogens with one attached hydrogen (secondary N) is 2. The molecule has 1 aromatic heterocycles. The lowest BCUT2D eigenvalue weighted by molar-refractivity contribution is 0.0686. The summed E-state index contributed by atoms with van der Waals surface area (Å²) < 4.78 is 27.1. The number of hydrogen-bond donors (Lipinski definition) is 3. The highest BCUT2D eigenvalue weighted by Crippen LogP contribution is 2.20. The van der Waals surface area contributed by atoms with Gasteiger partial charge in [-0.15, -0.1) is 0 Å². The molecule has 9 heteroatoms. The summed E-state index contributed by atoms with van der Waals surface area (Å²) in [7, 11) is -0.132. The van der Waals surface area contributed by atoms with E-state index in [-0.39, 0.29) is 22.5 Å². The van der Waals surface area contributed by atoms with Crippen LogP contribution >= 0.6 is 0 Å². The van der Waals surface area contributed by atoms with Crippen molar-refractivity contribution in [2.24, 2.45) is 5.41 Å². The molecule has 120 valence electrons. The lowest BCUT2D eigenvalue weighted by Crippen LogP contribution is -2.40. The van der Waals surface area contributed by atoms with E-state index >= 15 is 0 Å². The molecule has 1 heterocycles. The molecule has 8 nitrogen and oxygen atoms in total. The van der Waals surface area contributed by atoms with Gasteiger partial charge in [-0.05, 0) is 26.4 Å². The molecule has 0 atom stereocenters. The van der Waals surface area contributed by atoms with Gasteiger partial charge in [0.15, 0.2) is 5.69 Å². The van der Waals surface area contributed by atoms with E-state index in [0.717, 1.165) is 0 Å². The van der Waals surface area contributed by atoms with E-state index in [1.165, 1.54) is 6.92 Å². The third-order valence-electron chi connectivity index (χ3n) is 2.85. The summed E-state index contributed by atoms with van der Waals surface area (Å²) >= 11 is 0. The second-order valence-electron chi connectivity index (χ2n) is 6.06. The third kappa shape index (κ3) is 4.51. The minimum absolute atomic E-state index is 0.192. The second kappa shape index (κ2) is 6.12. The Hall–Kier alpha value is -1.45. The number of rotatable bonds is 7. The van der Waals surface area contributed by atoms with Crippen LogP contribution in [0.3, 0.4) is 0 Å². The monoisotopic (exact) mass is 318 g/mol. The summed E-state index contributed by atoms with van der Waals surface area (Å²) in [6.07, 6.45) is 0. The fourth-order valence-electron chi connectivity index (χ4n) is 2.17. The van der Waals surface area contributed by atoms with E-state index in [9.17, 15) is 13.2 Å². The van der Waals surface area contributed by atoms with E-state index in [4.69, 9.17) is 5.11 Å². The topological polar surface area (TPSA) is 115 Å². The number of aryl methyl sites for hydroxylation is 1. The van der Waals surface area contributed by atoms with Gasteiger partial charge in [0.1, 0.15) is 4.90 Å². The van der Waals surface area contributed by atoms with Gasteiger partial charge in [-0.1, -0.05) is 13.8 Å². The van der Waals surface area contributed by atoms with Crippen molar-refractivity contribution in [1.82, 2.24) is 19.8 Å². The van der Waals surface area contributed by atoms with Crippen LogP contribution in [-0.2, 0) is 10.0 Å². The average Bonchev–Trinajstić information content (AvgIpc) is 2.68. The van der Waals surface area contributed by atoms with Gasteiger partial charge < -0.3 is 10.0 Å². The average molecular weight is 318 g/mol. The van der Waals surface area contributed by atoms with Crippen LogP contribution in [0.1, 0.15) is 30.0 Å². The number of aromatic amines is 1. The van der Waals surface area contributed by atoms with Crippen molar-refractivity contribution in [3.05, 3.63) is 11.4 Å². The third-order valence-corrected chi connectivity index (χ3v) is 4.41. The summed E-state index contributed by atoms with van der Waals surface area (Å²) in [6.45, 7) is 6.20. The lowest BCUT2D eigenvalue weighted by Gasteiger charge is -2.28. The van der Waals surface area contributed by atoms with Gasteiger partial charge in [0, 0.05) is 13.1 Å². The summed E-state index contributed by atoms with van der Waals surface area (Å²) in [5.74, 6) is -1.38. The largest absolute Gasteiger partial charge is 0.476 e. The molecular weight excluding hydrogens is 296 g/mol. The Morgan fingerprint density at radius 1 is 1.43 bits per heavy atom. The lowest BCUT2D eigenvalue weighted by atomic mass is 9.93. The molecule has 0 fully saturated rings. The number of aromatic nitrogens is 2. The first-order valence-corrected chi connectivity index (χ1v) is 7.87. The van der Waals surface area contributed by atoms with Crippen molar-refractivity contribution in [3.8, 4) is 0 Å². The highest BCUT2D eigenvalue weighted by atomic mass is 32.2. The standard InChI is InChI=1S/C12H22N4O4S/c1-8-10(9(11(17)18)15-14-8)21(19,20)13-6-12(2,3)7-16(4)5/h13H,6-7H2,1-5H3,(H,14,15)(H,17,18). The zero-order valence-corrected chi connectivity index (χ0v) is 13.7. The van der Waals surface area contributed by atoms with E-state index in [0.29, 0.717) is 6.54 Å². The number of H-pyrrole nitrogens is 1. The predicted octanol–water partition coefficient (Wildman–Crippen LogP) is 0.282. The molecular formula is C12H22N4O4S. The van der Waals surface area contributed by atoms with Crippen LogP contribution in [0.15, 0.2) is 4.90 Å². The predicted molar refractivity (Wildman–Crippen MR) is 77.8 cm³/mol. The number of aromatic carboxylic acids is 1. The van der Waals surface area contributed by atoms with Crippen molar-refractivity contribution < 1.29 is 18.3 Å². The quantitative estimate of drug-likeness (QED) is 0.665. The minimum atomic E-state index is -3.94. The number of nitrogens with zero attached hydrogens (tertiary/aromatic N) is 2. The molecule has 21 heavy (non-hydrogen) atoms. The van der Waals surface area contributed by atoms with Gasteiger partial charge in [-0.25, -0.2) is 17.9 Å². The molecule has 0 amide bonds. The Balaban J connectivity index is 2.98. The molecule has 0 saturated heterocycles. The fraction of sp³-hybridized carbons (Fsp3) is 0.667. The molecule has 0 aliphatic rings. The maximum absolute atomic E-state index is 12.3. The number of carbonyl (C=O) groups is 1. The van der Waals surface area contributed by atoms with Crippen LogP contribution in [0, 0.1) is 12.3 Å². The number of sulfonamides is 1. The highest BCUT2D eigenvalue weighted by Gasteiger charge is 2.30. The van der Waals surface area contributed by atoms with Crippen molar-refractivity contribution in [2.75, 3.05) is 27.2 Å². The molecule has 1 aromatic rings. The Labute approximate surface area is 124 Å². The molecule has 0 saturated carbocycles. The van der Waals surface area contributed by atoms with Crippen molar-refractivity contribution >= 4 is 16.0 Å². The minimum Gasteiger partial charge on any atom is -0.476 e. The summed E-state index contributed by atoms with van der Waals surface area (Å²) in [5, 5.41) is 14.9. The molecule has 0 aliphatic carbocycles. The van der Waals surface area contributed by atoms with Crippen LogP contribution in [0.4, 0.5) is 0 Å². The van der Waals surface area contributed by atoms with E-state index in [1.54, 1.807) is 0 Å². The van der Waals surface area contributed by atoms with Crippen LogP contribution in [0.2, 0.25) is 0 Å². The molecule has 0 unspecified atom stereocenters. The van der Waals surface area contributed by atoms with Gasteiger partial charge in [0.2, 0.25) is 10.0 Å². The molecule has 0 spiro atoms. The van der Waals surface area contributed by atoms with E-state index in [1.807, 2.05) is 32.8 Å². The highest BCUT2D eigenvalue weighted by molar-refractivity contribution is 7.89. The SMILES string of the molecule is Cc1[nH]nc(C(=O)O)c1S(=O)(=O)NCC(C)(C)CN(C)C. The van der Waals surface area contributed by atoms with Gasteiger partial charge in [0.05, 0.1) is 5.69 Å². The maximum atomic E-state index is 12.3. The second-order valence-corrected chi connectivity index (χ2v) is 7.76. The Morgan fingerprint density at radius 2 is 2.00 bits per heavy atom.